The maximum absolute atomic E-state index is 12.4. The van der Waals surface area contributed by atoms with Crippen LogP contribution in [0.1, 0.15) is 17.5 Å². The van der Waals surface area contributed by atoms with Crippen molar-refractivity contribution in [2.24, 2.45) is 5.92 Å². The normalized spacial score (nSPS) is 17.4. The van der Waals surface area contributed by atoms with Gasteiger partial charge in [-0.3, -0.25) is 14.6 Å². The molecule has 1 saturated heterocycles. The number of aryl methyl sites for hydroxylation is 1. The predicted octanol–water partition coefficient (Wildman–Crippen LogP) is 2.69. The lowest BCUT2D eigenvalue weighted by atomic mass is 10.1. The van der Waals surface area contributed by atoms with E-state index in [1.165, 1.54) is 0 Å². The second kappa shape index (κ2) is 6.20. The molecule has 1 fully saturated rings. The summed E-state index contributed by atoms with van der Waals surface area (Å²) in [5.41, 5.74) is 3.81. The van der Waals surface area contributed by atoms with E-state index in [2.05, 4.69) is 10.3 Å². The molecule has 0 aliphatic carbocycles. The third-order valence-corrected chi connectivity index (χ3v) is 4.31. The van der Waals surface area contributed by atoms with Gasteiger partial charge in [-0.2, -0.15) is 0 Å². The fourth-order valence-corrected chi connectivity index (χ4v) is 2.82. The first-order chi connectivity index (χ1) is 11.1. The van der Waals surface area contributed by atoms with Gasteiger partial charge >= 0.3 is 0 Å². The number of anilines is 2. The molecule has 5 heteroatoms. The van der Waals surface area contributed by atoms with Gasteiger partial charge in [-0.05, 0) is 43.2 Å². The highest BCUT2D eigenvalue weighted by Gasteiger charge is 2.35. The molecule has 118 valence electrons. The highest BCUT2D eigenvalue weighted by molar-refractivity contribution is 6.03. The van der Waals surface area contributed by atoms with Gasteiger partial charge in [0.25, 0.3) is 0 Å². The second-order valence-corrected chi connectivity index (χ2v) is 5.85. The summed E-state index contributed by atoms with van der Waals surface area (Å²) in [5, 5.41) is 2.84. The molecule has 2 aromatic rings. The van der Waals surface area contributed by atoms with Crippen molar-refractivity contribution in [3.05, 3.63) is 53.9 Å². The Morgan fingerprint density at radius 3 is 2.70 bits per heavy atom. The molecule has 5 nitrogen and oxygen atoms in total. The number of nitrogens with zero attached hydrogens (tertiary/aromatic N) is 2. The maximum atomic E-state index is 12.4. The van der Waals surface area contributed by atoms with E-state index in [-0.39, 0.29) is 24.2 Å². The van der Waals surface area contributed by atoms with E-state index < -0.39 is 0 Å². The van der Waals surface area contributed by atoms with Crippen LogP contribution in [0, 0.1) is 19.8 Å². The van der Waals surface area contributed by atoms with Crippen LogP contribution in [0.4, 0.5) is 11.4 Å². The van der Waals surface area contributed by atoms with Crippen molar-refractivity contribution in [3.8, 4) is 0 Å². The Balaban J connectivity index is 1.75. The first kappa shape index (κ1) is 15.2. The molecule has 1 unspecified atom stereocenters. The fraction of sp³-hybridized carbons (Fsp3) is 0.278. The Morgan fingerprint density at radius 2 is 1.96 bits per heavy atom. The number of rotatable bonds is 3. The summed E-state index contributed by atoms with van der Waals surface area (Å²) < 4.78 is 0. The average molecular weight is 309 g/mol. The zero-order valence-electron chi connectivity index (χ0n) is 13.2. The number of pyridine rings is 1. The predicted molar refractivity (Wildman–Crippen MR) is 89.2 cm³/mol. The van der Waals surface area contributed by atoms with Crippen molar-refractivity contribution < 1.29 is 9.59 Å². The molecule has 3 rings (SSSR count). The molecule has 0 bridgehead atoms. The van der Waals surface area contributed by atoms with Crippen molar-refractivity contribution >= 4 is 23.2 Å². The highest BCUT2D eigenvalue weighted by atomic mass is 16.2. The van der Waals surface area contributed by atoms with Gasteiger partial charge in [-0.25, -0.2) is 0 Å². The molecule has 1 atom stereocenters. The number of nitrogens with one attached hydrogen (secondary N) is 1. The molecule has 0 spiro atoms. The lowest BCUT2D eigenvalue weighted by molar-refractivity contribution is -0.122. The van der Waals surface area contributed by atoms with E-state index in [9.17, 15) is 9.59 Å². The largest absolute Gasteiger partial charge is 0.326 e. The molecule has 1 aliphatic rings. The summed E-state index contributed by atoms with van der Waals surface area (Å²) in [7, 11) is 0. The molecular weight excluding hydrogens is 290 g/mol. The number of carbonyl (C=O) groups is 2. The molecular formula is C18H19N3O2. The van der Waals surface area contributed by atoms with Gasteiger partial charge in [-0.15, -0.1) is 0 Å². The van der Waals surface area contributed by atoms with Crippen molar-refractivity contribution in [2.45, 2.75) is 20.3 Å². The van der Waals surface area contributed by atoms with Crippen LogP contribution in [0.5, 0.6) is 0 Å². The molecule has 2 heterocycles. The van der Waals surface area contributed by atoms with Gasteiger partial charge in [0.2, 0.25) is 11.8 Å². The smallest absolute Gasteiger partial charge is 0.229 e. The summed E-state index contributed by atoms with van der Waals surface area (Å²) in [5.74, 6) is -0.471. The van der Waals surface area contributed by atoms with E-state index in [1.54, 1.807) is 29.4 Å². The number of aromatic nitrogens is 1. The van der Waals surface area contributed by atoms with Crippen LogP contribution < -0.4 is 10.2 Å². The van der Waals surface area contributed by atoms with E-state index in [1.807, 2.05) is 32.0 Å². The SMILES string of the molecule is Cc1cccc(N2CC(C(=O)Nc3ccncc3)CC2=O)c1C. The lowest BCUT2D eigenvalue weighted by Gasteiger charge is -2.20. The van der Waals surface area contributed by atoms with Gasteiger partial charge < -0.3 is 10.2 Å². The first-order valence-corrected chi connectivity index (χ1v) is 7.63. The van der Waals surface area contributed by atoms with E-state index in [4.69, 9.17) is 0 Å². The number of hydrogen-bond acceptors (Lipinski definition) is 3. The zero-order valence-corrected chi connectivity index (χ0v) is 13.2. The molecule has 23 heavy (non-hydrogen) atoms. The Bertz CT molecular complexity index is 743. The third kappa shape index (κ3) is 3.08. The van der Waals surface area contributed by atoms with Crippen molar-refractivity contribution in [3.63, 3.8) is 0 Å². The van der Waals surface area contributed by atoms with Gasteiger partial charge in [0.15, 0.2) is 0 Å². The Labute approximate surface area is 135 Å². The van der Waals surface area contributed by atoms with E-state index in [0.29, 0.717) is 12.2 Å². The monoisotopic (exact) mass is 309 g/mol. The van der Waals surface area contributed by atoms with Crippen LogP contribution in [0.2, 0.25) is 0 Å². The summed E-state index contributed by atoms with van der Waals surface area (Å²) in [6.45, 7) is 4.44. The topological polar surface area (TPSA) is 62.3 Å². The highest BCUT2D eigenvalue weighted by Crippen LogP contribution is 2.29. The van der Waals surface area contributed by atoms with Crippen LogP contribution in [0.15, 0.2) is 42.7 Å². The molecule has 1 aromatic carbocycles. The molecule has 2 amide bonds. The maximum Gasteiger partial charge on any atom is 0.229 e. The standard InChI is InChI=1S/C18H19N3O2/c1-12-4-3-5-16(13(12)2)21-11-14(10-17(21)22)18(23)20-15-6-8-19-9-7-15/h3-9,14H,10-11H2,1-2H3,(H,19,20,23). The minimum atomic E-state index is -0.337. The van der Waals surface area contributed by atoms with Crippen LogP contribution >= 0.6 is 0 Å². The summed E-state index contributed by atoms with van der Waals surface area (Å²) >= 11 is 0. The van der Waals surface area contributed by atoms with Gasteiger partial charge in [0, 0.05) is 36.7 Å². The quantitative estimate of drug-likeness (QED) is 0.948. The van der Waals surface area contributed by atoms with Crippen LogP contribution in [-0.2, 0) is 9.59 Å². The van der Waals surface area contributed by atoms with Crippen LogP contribution in [0.3, 0.4) is 0 Å². The minimum absolute atomic E-state index is 0.00595. The molecule has 1 aromatic heterocycles. The molecule has 0 saturated carbocycles. The van der Waals surface area contributed by atoms with Gasteiger partial charge in [0.05, 0.1) is 5.92 Å². The van der Waals surface area contributed by atoms with Crippen molar-refractivity contribution in [1.82, 2.24) is 4.98 Å². The number of amides is 2. The van der Waals surface area contributed by atoms with Gasteiger partial charge in [0.1, 0.15) is 0 Å². The van der Waals surface area contributed by atoms with Crippen molar-refractivity contribution in [1.29, 1.82) is 0 Å². The third-order valence-electron chi connectivity index (χ3n) is 4.31. The number of hydrogen-bond donors (Lipinski definition) is 1. The van der Waals surface area contributed by atoms with Crippen LogP contribution in [-0.4, -0.2) is 23.3 Å². The first-order valence-electron chi connectivity index (χ1n) is 7.63. The van der Waals surface area contributed by atoms with E-state index >= 15 is 0 Å². The average Bonchev–Trinajstić information content (AvgIpc) is 2.93. The summed E-state index contributed by atoms with van der Waals surface area (Å²) in [6.07, 6.45) is 3.49. The van der Waals surface area contributed by atoms with E-state index in [0.717, 1.165) is 16.8 Å². The Morgan fingerprint density at radius 1 is 1.22 bits per heavy atom. The summed E-state index contributed by atoms with van der Waals surface area (Å²) in [6, 6.07) is 9.36. The number of carbonyl (C=O) groups excluding carboxylic acids is 2. The second-order valence-electron chi connectivity index (χ2n) is 5.85. The number of benzene rings is 1. The lowest BCUT2D eigenvalue weighted by Crippen LogP contribution is -2.28. The molecule has 1 aliphatic heterocycles. The zero-order chi connectivity index (χ0) is 16.4. The fourth-order valence-electron chi connectivity index (χ4n) is 2.82. The molecule has 1 N–H and O–H groups in total. The molecule has 0 radical (unpaired) electrons. The summed E-state index contributed by atoms with van der Waals surface area (Å²) in [4.78, 5) is 30.4. The Kier molecular flexibility index (Phi) is 4.10. The minimum Gasteiger partial charge on any atom is -0.326 e. The van der Waals surface area contributed by atoms with Crippen molar-refractivity contribution in [2.75, 3.05) is 16.8 Å². The van der Waals surface area contributed by atoms with Crippen LogP contribution in [0.25, 0.3) is 0 Å². The Hall–Kier alpha value is -2.69. The van der Waals surface area contributed by atoms with Gasteiger partial charge in [-0.1, -0.05) is 12.1 Å².